The predicted molar refractivity (Wildman–Crippen MR) is 70.2 cm³/mol. The zero-order valence-electron chi connectivity index (χ0n) is 11.6. The summed E-state index contributed by atoms with van der Waals surface area (Å²) in [5.41, 5.74) is 5.58. The molecular weight excluding hydrogens is 285 g/mol. The molecule has 0 radical (unpaired) electrons. The Morgan fingerprint density at radius 1 is 1.24 bits per heavy atom. The SMILES string of the molecule is CN(C)CC(N)c1noc(-c2ccc(C(F)(F)F)cc2)n1. The first kappa shape index (κ1) is 15.5. The van der Waals surface area contributed by atoms with Crippen LogP contribution in [0.15, 0.2) is 28.8 Å². The molecule has 0 fully saturated rings. The molecule has 2 rings (SSSR count). The van der Waals surface area contributed by atoms with Crippen molar-refractivity contribution in [1.82, 2.24) is 15.0 Å². The molecule has 0 aliphatic carbocycles. The third kappa shape index (κ3) is 3.79. The van der Waals surface area contributed by atoms with Crippen LogP contribution in [0.25, 0.3) is 11.5 Å². The van der Waals surface area contributed by atoms with E-state index in [4.69, 9.17) is 10.3 Å². The van der Waals surface area contributed by atoms with Gasteiger partial charge in [-0.05, 0) is 38.4 Å². The molecule has 2 aromatic rings. The van der Waals surface area contributed by atoms with Crippen molar-refractivity contribution in [2.75, 3.05) is 20.6 Å². The number of nitrogens with two attached hydrogens (primary N) is 1. The van der Waals surface area contributed by atoms with E-state index in [1.807, 2.05) is 19.0 Å². The van der Waals surface area contributed by atoms with Crippen molar-refractivity contribution in [3.63, 3.8) is 0 Å². The van der Waals surface area contributed by atoms with E-state index in [-0.39, 0.29) is 5.89 Å². The van der Waals surface area contributed by atoms with Gasteiger partial charge in [-0.2, -0.15) is 18.2 Å². The molecule has 114 valence electrons. The van der Waals surface area contributed by atoms with E-state index in [2.05, 4.69) is 10.1 Å². The first-order chi connectivity index (χ1) is 9.77. The van der Waals surface area contributed by atoms with Crippen LogP contribution in [0, 0.1) is 0 Å². The largest absolute Gasteiger partial charge is 0.416 e. The molecule has 21 heavy (non-hydrogen) atoms. The first-order valence-corrected chi connectivity index (χ1v) is 6.19. The Labute approximate surface area is 119 Å². The van der Waals surface area contributed by atoms with Gasteiger partial charge in [0.25, 0.3) is 5.89 Å². The summed E-state index contributed by atoms with van der Waals surface area (Å²) in [6.07, 6.45) is -4.37. The minimum Gasteiger partial charge on any atom is -0.334 e. The van der Waals surface area contributed by atoms with Crippen LogP contribution in [0.3, 0.4) is 0 Å². The Kier molecular flexibility index (Phi) is 4.29. The van der Waals surface area contributed by atoms with E-state index in [9.17, 15) is 13.2 Å². The summed E-state index contributed by atoms with van der Waals surface area (Å²) in [5, 5.41) is 3.76. The molecule has 5 nitrogen and oxygen atoms in total. The van der Waals surface area contributed by atoms with Gasteiger partial charge >= 0.3 is 6.18 Å². The number of likely N-dealkylation sites (N-methyl/N-ethyl adjacent to an activating group) is 1. The molecule has 8 heteroatoms. The molecule has 1 heterocycles. The second-order valence-electron chi connectivity index (χ2n) is 4.90. The maximum absolute atomic E-state index is 12.5. The molecule has 1 unspecified atom stereocenters. The number of aromatic nitrogens is 2. The van der Waals surface area contributed by atoms with Crippen LogP contribution >= 0.6 is 0 Å². The standard InChI is InChI=1S/C13H15F3N4O/c1-20(2)7-10(17)11-18-12(21-19-11)8-3-5-9(6-4-8)13(14,15)16/h3-6,10H,7,17H2,1-2H3. The van der Waals surface area contributed by atoms with Gasteiger partial charge in [0, 0.05) is 12.1 Å². The summed E-state index contributed by atoms with van der Waals surface area (Å²) in [6, 6.07) is 4.10. The second kappa shape index (κ2) is 5.82. The van der Waals surface area contributed by atoms with E-state index in [1.165, 1.54) is 12.1 Å². The quantitative estimate of drug-likeness (QED) is 0.938. The van der Waals surface area contributed by atoms with Gasteiger partial charge in [-0.1, -0.05) is 5.16 Å². The van der Waals surface area contributed by atoms with Gasteiger partial charge in [-0.25, -0.2) is 0 Å². The molecule has 0 saturated heterocycles. The monoisotopic (exact) mass is 300 g/mol. The molecule has 2 N–H and O–H groups in total. The maximum atomic E-state index is 12.5. The lowest BCUT2D eigenvalue weighted by Crippen LogP contribution is -2.26. The highest BCUT2D eigenvalue weighted by Crippen LogP contribution is 2.30. The lowest BCUT2D eigenvalue weighted by molar-refractivity contribution is -0.137. The van der Waals surface area contributed by atoms with Crippen LogP contribution in [-0.4, -0.2) is 35.7 Å². The van der Waals surface area contributed by atoms with E-state index >= 15 is 0 Å². The van der Waals surface area contributed by atoms with Crippen LogP contribution in [-0.2, 0) is 6.18 Å². The number of rotatable bonds is 4. The fourth-order valence-corrected chi connectivity index (χ4v) is 1.78. The summed E-state index contributed by atoms with van der Waals surface area (Å²) >= 11 is 0. The Bertz CT molecular complexity index is 592. The molecule has 1 aromatic carbocycles. The lowest BCUT2D eigenvalue weighted by Gasteiger charge is -2.12. The highest BCUT2D eigenvalue weighted by Gasteiger charge is 2.30. The summed E-state index contributed by atoms with van der Waals surface area (Å²) in [7, 11) is 3.72. The molecule has 0 aliphatic rings. The van der Waals surface area contributed by atoms with Gasteiger partial charge in [-0.15, -0.1) is 0 Å². The van der Waals surface area contributed by atoms with E-state index in [1.54, 1.807) is 0 Å². The average Bonchev–Trinajstić information content (AvgIpc) is 2.86. The van der Waals surface area contributed by atoms with Crippen LogP contribution < -0.4 is 5.73 Å². The smallest absolute Gasteiger partial charge is 0.334 e. The van der Waals surface area contributed by atoms with Gasteiger partial charge in [-0.3, -0.25) is 0 Å². The van der Waals surface area contributed by atoms with Crippen LogP contribution in [0.2, 0.25) is 0 Å². The minimum atomic E-state index is -4.37. The van der Waals surface area contributed by atoms with E-state index in [0.29, 0.717) is 17.9 Å². The fourth-order valence-electron chi connectivity index (χ4n) is 1.78. The van der Waals surface area contributed by atoms with Crippen molar-refractivity contribution < 1.29 is 17.7 Å². The van der Waals surface area contributed by atoms with Crippen molar-refractivity contribution >= 4 is 0 Å². The number of hydrogen-bond acceptors (Lipinski definition) is 5. The van der Waals surface area contributed by atoms with Gasteiger partial charge in [0.05, 0.1) is 11.6 Å². The third-order valence-electron chi connectivity index (χ3n) is 2.79. The van der Waals surface area contributed by atoms with Gasteiger partial charge in [0.15, 0.2) is 5.82 Å². The highest BCUT2D eigenvalue weighted by molar-refractivity contribution is 5.53. The molecule has 0 spiro atoms. The average molecular weight is 300 g/mol. The first-order valence-electron chi connectivity index (χ1n) is 6.19. The van der Waals surface area contributed by atoms with E-state index in [0.717, 1.165) is 12.1 Å². The molecular formula is C13H15F3N4O. The van der Waals surface area contributed by atoms with Gasteiger partial charge in [0.2, 0.25) is 0 Å². The Morgan fingerprint density at radius 2 is 1.86 bits per heavy atom. The number of alkyl halides is 3. The van der Waals surface area contributed by atoms with Crippen molar-refractivity contribution in [3.05, 3.63) is 35.7 Å². The van der Waals surface area contributed by atoms with Gasteiger partial charge < -0.3 is 15.2 Å². The molecule has 1 aromatic heterocycles. The topological polar surface area (TPSA) is 68.2 Å². The molecule has 0 aliphatic heterocycles. The Balaban J connectivity index is 2.18. The molecule has 0 bridgehead atoms. The zero-order valence-corrected chi connectivity index (χ0v) is 11.6. The molecule has 0 saturated carbocycles. The van der Waals surface area contributed by atoms with Crippen molar-refractivity contribution in [2.45, 2.75) is 12.2 Å². The third-order valence-corrected chi connectivity index (χ3v) is 2.79. The second-order valence-corrected chi connectivity index (χ2v) is 4.90. The van der Waals surface area contributed by atoms with E-state index < -0.39 is 17.8 Å². The summed E-state index contributed by atoms with van der Waals surface area (Å²) in [6.45, 7) is 0.534. The Morgan fingerprint density at radius 3 is 2.38 bits per heavy atom. The summed E-state index contributed by atoms with van der Waals surface area (Å²) < 4.78 is 42.5. The summed E-state index contributed by atoms with van der Waals surface area (Å²) in [4.78, 5) is 5.99. The normalized spacial score (nSPS) is 13.7. The number of halogens is 3. The number of benzene rings is 1. The van der Waals surface area contributed by atoms with Crippen molar-refractivity contribution in [3.8, 4) is 11.5 Å². The number of nitrogens with zero attached hydrogens (tertiary/aromatic N) is 3. The molecule has 1 atom stereocenters. The lowest BCUT2D eigenvalue weighted by atomic mass is 10.1. The van der Waals surface area contributed by atoms with Crippen LogP contribution in [0.4, 0.5) is 13.2 Å². The van der Waals surface area contributed by atoms with Gasteiger partial charge in [0.1, 0.15) is 0 Å². The fraction of sp³-hybridized carbons (Fsp3) is 0.385. The predicted octanol–water partition coefficient (Wildman–Crippen LogP) is 2.32. The van der Waals surface area contributed by atoms with Crippen LogP contribution in [0.1, 0.15) is 17.4 Å². The highest BCUT2D eigenvalue weighted by atomic mass is 19.4. The zero-order chi connectivity index (χ0) is 15.6. The summed E-state index contributed by atoms with van der Waals surface area (Å²) in [5.74, 6) is 0.464. The van der Waals surface area contributed by atoms with Crippen molar-refractivity contribution in [2.24, 2.45) is 5.73 Å². The maximum Gasteiger partial charge on any atom is 0.416 e. The minimum absolute atomic E-state index is 0.146. The van der Waals surface area contributed by atoms with Crippen LogP contribution in [0.5, 0.6) is 0 Å². The Hall–Kier alpha value is -1.93. The van der Waals surface area contributed by atoms with Crippen molar-refractivity contribution in [1.29, 1.82) is 0 Å². The number of hydrogen-bond donors (Lipinski definition) is 1. The molecule has 0 amide bonds.